The quantitative estimate of drug-likeness (QED) is 0.492. The van der Waals surface area contributed by atoms with Crippen LogP contribution in [0.15, 0.2) is 66.7 Å². The number of carbonyl (C=O) groups excluding carboxylic acids is 2. The third kappa shape index (κ3) is 4.28. The van der Waals surface area contributed by atoms with Gasteiger partial charge in [0.2, 0.25) is 0 Å². The minimum atomic E-state index is -0.529. The number of carbonyl (C=O) groups is 2. The number of halogens is 1. The van der Waals surface area contributed by atoms with E-state index in [9.17, 15) is 9.59 Å². The second-order valence-electron chi connectivity index (χ2n) is 8.84. The van der Waals surface area contributed by atoms with Gasteiger partial charge in [-0.05, 0) is 67.1 Å². The molecule has 174 valence electrons. The molecule has 0 bridgehead atoms. The van der Waals surface area contributed by atoms with Crippen LogP contribution in [0, 0.1) is 0 Å². The van der Waals surface area contributed by atoms with Crippen molar-refractivity contribution in [2.45, 2.75) is 51.3 Å². The Balaban J connectivity index is 1.47. The molecular weight excluding hydrogens is 448 g/mol. The molecule has 0 unspecified atom stereocenters. The summed E-state index contributed by atoms with van der Waals surface area (Å²) < 4.78 is 6.17. The smallest absolute Gasteiger partial charge is 0.264 e. The molecule has 1 heterocycles. The SMILES string of the molecule is CC[C@H]1Oc2ccc(NC(=O)c3ccccc3Cl)cc2CN([C@H]2CCCc3ccccc32)C1=O. The maximum Gasteiger partial charge on any atom is 0.264 e. The zero-order valence-electron chi connectivity index (χ0n) is 19.1. The van der Waals surface area contributed by atoms with Crippen molar-refractivity contribution < 1.29 is 14.3 Å². The van der Waals surface area contributed by atoms with Crippen LogP contribution in [0.5, 0.6) is 5.75 Å². The average Bonchev–Trinajstić information content (AvgIpc) is 2.99. The van der Waals surface area contributed by atoms with Gasteiger partial charge in [0.25, 0.3) is 11.8 Å². The van der Waals surface area contributed by atoms with Crippen LogP contribution in [0.25, 0.3) is 0 Å². The number of hydrogen-bond donors (Lipinski definition) is 1. The van der Waals surface area contributed by atoms with Gasteiger partial charge in [0, 0.05) is 11.3 Å². The van der Waals surface area contributed by atoms with E-state index in [0.717, 1.165) is 24.8 Å². The molecule has 0 radical (unpaired) electrons. The molecule has 0 spiro atoms. The number of nitrogens with one attached hydrogen (secondary N) is 1. The van der Waals surface area contributed by atoms with Crippen LogP contribution in [0.4, 0.5) is 5.69 Å². The molecule has 1 aliphatic carbocycles. The molecule has 2 atom stereocenters. The minimum Gasteiger partial charge on any atom is -0.480 e. The summed E-state index contributed by atoms with van der Waals surface area (Å²) in [5.74, 6) is 0.422. The number of benzene rings is 3. The molecule has 3 aromatic rings. The summed E-state index contributed by atoms with van der Waals surface area (Å²) in [6, 6.07) is 20.9. The van der Waals surface area contributed by atoms with Gasteiger partial charge in [0.1, 0.15) is 5.75 Å². The van der Waals surface area contributed by atoms with Crippen LogP contribution in [-0.2, 0) is 17.8 Å². The van der Waals surface area contributed by atoms with Gasteiger partial charge in [-0.15, -0.1) is 0 Å². The first kappa shape index (κ1) is 22.5. The number of hydrogen-bond acceptors (Lipinski definition) is 3. The van der Waals surface area contributed by atoms with Crippen LogP contribution >= 0.6 is 11.6 Å². The van der Waals surface area contributed by atoms with Crippen LogP contribution in [-0.4, -0.2) is 22.8 Å². The Morgan fingerprint density at radius 1 is 1.09 bits per heavy atom. The van der Waals surface area contributed by atoms with Crippen molar-refractivity contribution in [3.63, 3.8) is 0 Å². The third-order valence-electron chi connectivity index (χ3n) is 6.69. The summed E-state index contributed by atoms with van der Waals surface area (Å²) in [5.41, 5.74) is 4.47. The Kier molecular flexibility index (Phi) is 6.29. The van der Waals surface area contributed by atoms with Crippen LogP contribution in [0.1, 0.15) is 59.3 Å². The van der Waals surface area contributed by atoms with Crippen molar-refractivity contribution in [2.75, 3.05) is 5.32 Å². The topological polar surface area (TPSA) is 58.6 Å². The fraction of sp³-hybridized carbons (Fsp3) is 0.286. The van der Waals surface area contributed by atoms with E-state index in [4.69, 9.17) is 16.3 Å². The van der Waals surface area contributed by atoms with E-state index in [1.54, 1.807) is 30.3 Å². The van der Waals surface area contributed by atoms with Gasteiger partial charge in [-0.3, -0.25) is 9.59 Å². The zero-order chi connectivity index (χ0) is 23.7. The van der Waals surface area contributed by atoms with E-state index < -0.39 is 6.10 Å². The summed E-state index contributed by atoms with van der Waals surface area (Å²) in [7, 11) is 0. The number of anilines is 1. The lowest BCUT2D eigenvalue weighted by Gasteiger charge is -2.36. The van der Waals surface area contributed by atoms with Crippen molar-refractivity contribution >= 4 is 29.1 Å². The highest BCUT2D eigenvalue weighted by molar-refractivity contribution is 6.34. The fourth-order valence-electron chi connectivity index (χ4n) is 4.96. The molecule has 5 rings (SSSR count). The predicted molar refractivity (Wildman–Crippen MR) is 133 cm³/mol. The zero-order valence-corrected chi connectivity index (χ0v) is 19.8. The number of aryl methyl sites for hydroxylation is 1. The lowest BCUT2D eigenvalue weighted by atomic mass is 9.86. The lowest BCUT2D eigenvalue weighted by molar-refractivity contribution is -0.141. The largest absolute Gasteiger partial charge is 0.480 e. The third-order valence-corrected chi connectivity index (χ3v) is 7.02. The van der Waals surface area contributed by atoms with E-state index in [1.807, 2.05) is 30.0 Å². The first-order valence-corrected chi connectivity index (χ1v) is 12.2. The summed E-state index contributed by atoms with van der Waals surface area (Å²) in [6.07, 6.45) is 3.08. The summed E-state index contributed by atoms with van der Waals surface area (Å²) >= 11 is 6.19. The maximum atomic E-state index is 13.6. The van der Waals surface area contributed by atoms with Crippen molar-refractivity contribution in [3.8, 4) is 5.75 Å². The molecule has 0 saturated carbocycles. The standard InChI is InChI=1S/C28H27ClN2O3/c1-2-25-28(33)31(24-13-7-9-18-8-3-4-10-21(18)24)17-19-16-20(14-15-26(19)34-25)30-27(32)22-11-5-6-12-23(22)29/h3-6,8,10-12,14-16,24-25H,2,7,9,13,17H2,1H3,(H,30,32)/t24-,25+/m0/s1. The van der Waals surface area contributed by atoms with Crippen LogP contribution in [0.3, 0.4) is 0 Å². The van der Waals surface area contributed by atoms with Gasteiger partial charge in [-0.1, -0.05) is 54.9 Å². The lowest BCUT2D eigenvalue weighted by Crippen LogP contribution is -2.42. The van der Waals surface area contributed by atoms with Crippen molar-refractivity contribution in [3.05, 3.63) is 94.0 Å². The van der Waals surface area contributed by atoms with E-state index in [0.29, 0.717) is 35.0 Å². The molecule has 34 heavy (non-hydrogen) atoms. The predicted octanol–water partition coefficient (Wildman–Crippen LogP) is 6.17. The Labute approximate surface area is 204 Å². The van der Waals surface area contributed by atoms with Gasteiger partial charge in [0.15, 0.2) is 6.10 Å². The van der Waals surface area contributed by atoms with Gasteiger partial charge in [-0.25, -0.2) is 0 Å². The fourth-order valence-corrected chi connectivity index (χ4v) is 5.18. The molecule has 0 aromatic heterocycles. The number of rotatable bonds is 4. The summed E-state index contributed by atoms with van der Waals surface area (Å²) in [5, 5.41) is 3.33. The van der Waals surface area contributed by atoms with Crippen molar-refractivity contribution in [2.24, 2.45) is 0 Å². The van der Waals surface area contributed by atoms with E-state index in [1.165, 1.54) is 11.1 Å². The van der Waals surface area contributed by atoms with Gasteiger partial charge in [-0.2, -0.15) is 0 Å². The number of ether oxygens (including phenoxy) is 1. The Bertz CT molecular complexity index is 1240. The number of amides is 2. The average molecular weight is 475 g/mol. The van der Waals surface area contributed by atoms with Crippen LogP contribution in [0.2, 0.25) is 5.02 Å². The number of nitrogens with zero attached hydrogens (tertiary/aromatic N) is 1. The highest BCUT2D eigenvalue weighted by Crippen LogP contribution is 2.39. The first-order valence-electron chi connectivity index (χ1n) is 11.8. The highest BCUT2D eigenvalue weighted by Gasteiger charge is 2.36. The Hall–Kier alpha value is -3.31. The van der Waals surface area contributed by atoms with Gasteiger partial charge >= 0.3 is 0 Å². The van der Waals surface area contributed by atoms with Gasteiger partial charge < -0.3 is 15.0 Å². The molecular formula is C28H27ClN2O3. The second-order valence-corrected chi connectivity index (χ2v) is 9.25. The number of fused-ring (bicyclic) bond motifs is 2. The van der Waals surface area contributed by atoms with Crippen molar-refractivity contribution in [1.82, 2.24) is 4.90 Å². The molecule has 2 amide bonds. The molecule has 6 heteroatoms. The molecule has 1 aliphatic heterocycles. The normalized spacial score (nSPS) is 19.5. The molecule has 3 aromatic carbocycles. The highest BCUT2D eigenvalue weighted by atomic mass is 35.5. The second kappa shape index (κ2) is 9.51. The Morgan fingerprint density at radius 2 is 1.88 bits per heavy atom. The first-order chi connectivity index (χ1) is 16.5. The molecule has 2 aliphatic rings. The van der Waals surface area contributed by atoms with E-state index in [-0.39, 0.29) is 17.9 Å². The minimum absolute atomic E-state index is 0.0158. The van der Waals surface area contributed by atoms with E-state index >= 15 is 0 Å². The molecule has 0 saturated heterocycles. The van der Waals surface area contributed by atoms with Crippen molar-refractivity contribution in [1.29, 1.82) is 0 Å². The molecule has 1 N–H and O–H groups in total. The van der Waals surface area contributed by atoms with E-state index in [2.05, 4.69) is 23.5 Å². The monoisotopic (exact) mass is 474 g/mol. The molecule has 0 fully saturated rings. The van der Waals surface area contributed by atoms with Crippen LogP contribution < -0.4 is 10.1 Å². The molecule has 5 nitrogen and oxygen atoms in total. The maximum absolute atomic E-state index is 13.6. The summed E-state index contributed by atoms with van der Waals surface area (Å²) in [6.45, 7) is 2.40. The van der Waals surface area contributed by atoms with Gasteiger partial charge in [0.05, 0.1) is 23.2 Å². The Morgan fingerprint density at radius 3 is 2.71 bits per heavy atom. The summed E-state index contributed by atoms with van der Waals surface area (Å²) in [4.78, 5) is 28.3.